The Morgan fingerprint density at radius 1 is 1.50 bits per heavy atom. The van der Waals surface area contributed by atoms with E-state index in [1.807, 2.05) is 12.1 Å². The summed E-state index contributed by atoms with van der Waals surface area (Å²) in [7, 11) is 2.07. The molecule has 1 aromatic rings. The molecule has 4 N–H and O–H groups in total. The van der Waals surface area contributed by atoms with Crippen LogP contribution in [0.1, 0.15) is 0 Å². The molecule has 0 bridgehead atoms. The zero-order valence-corrected chi connectivity index (χ0v) is 11.7. The van der Waals surface area contributed by atoms with Crippen molar-refractivity contribution in [3.63, 3.8) is 0 Å². The highest BCUT2D eigenvalue weighted by Gasteiger charge is 2.25. The Hall–Kier alpha value is -1.70. The first-order chi connectivity index (χ1) is 9.69. The van der Waals surface area contributed by atoms with Gasteiger partial charge in [0.25, 0.3) is 5.91 Å². The molecule has 1 atom stereocenters. The van der Waals surface area contributed by atoms with Crippen molar-refractivity contribution in [1.82, 2.24) is 20.2 Å². The van der Waals surface area contributed by atoms with Crippen molar-refractivity contribution in [2.45, 2.75) is 6.04 Å². The number of hydrogen-bond donors (Lipinski definition) is 3. The fourth-order valence-corrected chi connectivity index (χ4v) is 2.27. The molecule has 0 radical (unpaired) electrons. The first-order valence-electron chi connectivity index (χ1n) is 6.77. The molecule has 2 rings (SSSR count). The molecule has 7 nitrogen and oxygen atoms in total. The van der Waals surface area contributed by atoms with E-state index in [2.05, 4.69) is 32.7 Å². The van der Waals surface area contributed by atoms with Crippen molar-refractivity contribution in [2.75, 3.05) is 45.2 Å². The normalized spacial score (nSPS) is 20.6. The fraction of sp³-hybridized carbons (Fsp3) is 0.538. The number of carbonyl (C=O) groups is 1. The van der Waals surface area contributed by atoms with Crippen molar-refractivity contribution in [3.8, 4) is 0 Å². The van der Waals surface area contributed by atoms with E-state index in [0.29, 0.717) is 18.9 Å². The molecule has 1 amide bonds. The average molecular weight is 278 g/mol. The van der Waals surface area contributed by atoms with Gasteiger partial charge in [-0.3, -0.25) is 20.5 Å². The summed E-state index contributed by atoms with van der Waals surface area (Å²) < 4.78 is 0. The molecule has 1 saturated heterocycles. The number of nitrogens with zero attached hydrogens (tertiary/aromatic N) is 3. The number of carbonyl (C=O) groups excluding carboxylic acids is 1. The lowest BCUT2D eigenvalue weighted by atomic mass is 10.1. The summed E-state index contributed by atoms with van der Waals surface area (Å²) in [5.41, 5.74) is 11.2. The largest absolute Gasteiger partial charge is 0.329 e. The Balaban J connectivity index is 1.79. The average Bonchev–Trinajstić information content (AvgIpc) is 2.48. The molecule has 110 valence electrons. The summed E-state index contributed by atoms with van der Waals surface area (Å²) in [4.78, 5) is 20.4. The van der Waals surface area contributed by atoms with Crippen molar-refractivity contribution in [3.05, 3.63) is 24.4 Å². The zero-order valence-electron chi connectivity index (χ0n) is 11.7. The van der Waals surface area contributed by atoms with E-state index in [0.717, 1.165) is 19.6 Å². The van der Waals surface area contributed by atoms with Gasteiger partial charge in [-0.15, -0.1) is 0 Å². The van der Waals surface area contributed by atoms with Gasteiger partial charge in [0.05, 0.1) is 6.54 Å². The molecule has 1 aromatic heterocycles. The van der Waals surface area contributed by atoms with E-state index in [9.17, 15) is 4.79 Å². The Morgan fingerprint density at radius 2 is 2.35 bits per heavy atom. The van der Waals surface area contributed by atoms with E-state index < -0.39 is 0 Å². The van der Waals surface area contributed by atoms with E-state index in [4.69, 9.17) is 5.73 Å². The van der Waals surface area contributed by atoms with Crippen molar-refractivity contribution in [1.29, 1.82) is 0 Å². The van der Waals surface area contributed by atoms with Gasteiger partial charge in [0, 0.05) is 38.4 Å². The lowest BCUT2D eigenvalue weighted by Crippen LogP contribution is -2.57. The molecular weight excluding hydrogens is 256 g/mol. The van der Waals surface area contributed by atoms with Gasteiger partial charge in [0.1, 0.15) is 5.82 Å². The number of rotatable bonds is 5. The molecule has 1 fully saturated rings. The van der Waals surface area contributed by atoms with Crippen LogP contribution in [-0.4, -0.2) is 66.5 Å². The van der Waals surface area contributed by atoms with Crippen LogP contribution >= 0.6 is 0 Å². The number of nitrogens with two attached hydrogens (primary N) is 1. The second kappa shape index (κ2) is 7.18. The molecule has 20 heavy (non-hydrogen) atoms. The van der Waals surface area contributed by atoms with E-state index in [1.54, 1.807) is 12.3 Å². The predicted molar refractivity (Wildman–Crippen MR) is 77.9 cm³/mol. The molecular formula is C13H22N6O. The van der Waals surface area contributed by atoms with Gasteiger partial charge in [0.2, 0.25) is 0 Å². The summed E-state index contributed by atoms with van der Waals surface area (Å²) in [6.45, 7) is 3.62. The summed E-state index contributed by atoms with van der Waals surface area (Å²) >= 11 is 0. The van der Waals surface area contributed by atoms with Crippen LogP contribution in [0.15, 0.2) is 24.4 Å². The summed E-state index contributed by atoms with van der Waals surface area (Å²) in [6.07, 6.45) is 1.67. The Morgan fingerprint density at radius 3 is 3.05 bits per heavy atom. The van der Waals surface area contributed by atoms with Crippen molar-refractivity contribution >= 4 is 11.7 Å². The highest BCUT2D eigenvalue weighted by molar-refractivity contribution is 5.79. The van der Waals surface area contributed by atoms with E-state index in [-0.39, 0.29) is 11.9 Å². The van der Waals surface area contributed by atoms with Gasteiger partial charge in [0.15, 0.2) is 0 Å². The molecule has 2 heterocycles. The van der Waals surface area contributed by atoms with Crippen LogP contribution in [0.4, 0.5) is 5.82 Å². The smallest absolute Gasteiger partial charge is 0.252 e. The third kappa shape index (κ3) is 4.16. The second-order valence-electron chi connectivity index (χ2n) is 5.01. The Kier molecular flexibility index (Phi) is 5.28. The van der Waals surface area contributed by atoms with Crippen LogP contribution in [-0.2, 0) is 4.79 Å². The van der Waals surface area contributed by atoms with Crippen LogP contribution in [0, 0.1) is 0 Å². The minimum absolute atomic E-state index is 0.0846. The highest BCUT2D eigenvalue weighted by Crippen LogP contribution is 2.06. The summed E-state index contributed by atoms with van der Waals surface area (Å²) in [5.74, 6) is 0.535. The van der Waals surface area contributed by atoms with Crippen LogP contribution < -0.4 is 16.6 Å². The monoisotopic (exact) mass is 278 g/mol. The number of aromatic nitrogens is 1. The van der Waals surface area contributed by atoms with Gasteiger partial charge < -0.3 is 10.6 Å². The Bertz CT molecular complexity index is 426. The quantitative estimate of drug-likeness (QED) is 0.605. The number of nitrogens with one attached hydrogen (secondary N) is 2. The van der Waals surface area contributed by atoms with Crippen molar-refractivity contribution in [2.24, 2.45) is 5.73 Å². The van der Waals surface area contributed by atoms with E-state index >= 15 is 0 Å². The van der Waals surface area contributed by atoms with Gasteiger partial charge in [-0.2, -0.15) is 0 Å². The Labute approximate surface area is 119 Å². The number of anilines is 1. The summed E-state index contributed by atoms with van der Waals surface area (Å²) in [6, 6.07) is 5.70. The molecule has 0 saturated carbocycles. The molecule has 0 aromatic carbocycles. The first kappa shape index (κ1) is 14.7. The van der Waals surface area contributed by atoms with Gasteiger partial charge in [-0.1, -0.05) is 6.07 Å². The van der Waals surface area contributed by atoms with Gasteiger partial charge >= 0.3 is 0 Å². The maximum Gasteiger partial charge on any atom is 0.252 e. The third-order valence-corrected chi connectivity index (χ3v) is 3.42. The maximum atomic E-state index is 11.9. The molecule has 1 unspecified atom stereocenters. The fourth-order valence-electron chi connectivity index (χ4n) is 2.27. The molecule has 0 aliphatic carbocycles. The molecule has 7 heteroatoms. The molecule has 1 aliphatic rings. The second-order valence-corrected chi connectivity index (χ2v) is 5.01. The number of hydrogen-bond acceptors (Lipinski definition) is 6. The standard InChI is InChI=1S/C13H22N6O/c1-18-6-7-19(11(8-14)9-18)10-13(20)17-16-12-4-2-3-5-15-12/h2-5,11H,6-10,14H2,1H3,(H,15,16)(H,17,20). The lowest BCUT2D eigenvalue weighted by molar-refractivity contribution is -0.122. The SMILES string of the molecule is CN1CCN(CC(=O)NNc2ccccn2)C(CN)C1. The zero-order chi connectivity index (χ0) is 14.4. The van der Waals surface area contributed by atoms with Crippen LogP contribution in [0.25, 0.3) is 0 Å². The predicted octanol–water partition coefficient (Wildman–Crippen LogP) is -0.901. The third-order valence-electron chi connectivity index (χ3n) is 3.42. The lowest BCUT2D eigenvalue weighted by Gasteiger charge is -2.38. The number of hydrazine groups is 1. The van der Waals surface area contributed by atoms with Crippen molar-refractivity contribution < 1.29 is 4.79 Å². The minimum Gasteiger partial charge on any atom is -0.329 e. The molecule has 0 spiro atoms. The van der Waals surface area contributed by atoms with Crippen LogP contribution in [0.5, 0.6) is 0 Å². The topological polar surface area (TPSA) is 86.5 Å². The highest BCUT2D eigenvalue weighted by atomic mass is 16.2. The number of pyridine rings is 1. The van der Waals surface area contributed by atoms with Crippen LogP contribution in [0.2, 0.25) is 0 Å². The molecule has 1 aliphatic heterocycles. The number of piperazine rings is 1. The van der Waals surface area contributed by atoms with Crippen LogP contribution in [0.3, 0.4) is 0 Å². The first-order valence-corrected chi connectivity index (χ1v) is 6.77. The summed E-state index contributed by atoms with van der Waals surface area (Å²) in [5, 5.41) is 0. The minimum atomic E-state index is -0.0846. The van der Waals surface area contributed by atoms with Gasteiger partial charge in [-0.25, -0.2) is 4.98 Å². The van der Waals surface area contributed by atoms with E-state index in [1.165, 1.54) is 0 Å². The number of likely N-dealkylation sites (N-methyl/N-ethyl adjacent to an activating group) is 1. The number of amides is 1. The maximum absolute atomic E-state index is 11.9. The van der Waals surface area contributed by atoms with Gasteiger partial charge in [-0.05, 0) is 19.2 Å².